The maximum absolute atomic E-state index is 13.8. The molecule has 11 heteroatoms. The van der Waals surface area contributed by atoms with Crippen molar-refractivity contribution in [1.82, 2.24) is 10.2 Å². The Bertz CT molecular complexity index is 1180. The van der Waals surface area contributed by atoms with Crippen LogP contribution in [0.3, 0.4) is 0 Å². The molecule has 2 aromatic carbocycles. The van der Waals surface area contributed by atoms with E-state index in [1.54, 1.807) is 43.5 Å². The third-order valence-corrected chi connectivity index (χ3v) is 7.04. The number of rotatable bonds is 14. The van der Waals surface area contributed by atoms with Crippen molar-refractivity contribution in [2.75, 3.05) is 45.0 Å². The third-order valence-electron chi connectivity index (χ3n) is 5.92. The number of anilines is 1. The van der Waals surface area contributed by atoms with Crippen LogP contribution in [0.4, 0.5) is 5.69 Å². The van der Waals surface area contributed by atoms with Crippen LogP contribution in [0, 0.1) is 5.92 Å². The quantitative estimate of drug-likeness (QED) is 0.385. The fourth-order valence-electron chi connectivity index (χ4n) is 3.86. The van der Waals surface area contributed by atoms with Crippen molar-refractivity contribution < 1.29 is 32.2 Å². The van der Waals surface area contributed by atoms with Crippen molar-refractivity contribution in [1.29, 1.82) is 0 Å². The summed E-state index contributed by atoms with van der Waals surface area (Å²) >= 11 is 0. The first-order chi connectivity index (χ1) is 17.9. The summed E-state index contributed by atoms with van der Waals surface area (Å²) in [5.41, 5.74) is 0.920. The van der Waals surface area contributed by atoms with Crippen molar-refractivity contribution in [3.8, 4) is 17.2 Å². The van der Waals surface area contributed by atoms with E-state index in [2.05, 4.69) is 5.32 Å². The monoisotopic (exact) mass is 549 g/mol. The summed E-state index contributed by atoms with van der Waals surface area (Å²) in [6.07, 6.45) is 1.35. The smallest absolute Gasteiger partial charge is 0.244 e. The van der Waals surface area contributed by atoms with Crippen LogP contribution in [0.2, 0.25) is 0 Å². The molecule has 0 heterocycles. The lowest BCUT2D eigenvalue weighted by atomic mass is 10.1. The average molecular weight is 550 g/mol. The number of methoxy groups -OCH3 is 3. The number of amides is 2. The Balaban J connectivity index is 2.50. The van der Waals surface area contributed by atoms with Gasteiger partial charge in [0.15, 0.2) is 0 Å². The molecule has 0 radical (unpaired) electrons. The van der Waals surface area contributed by atoms with Gasteiger partial charge in [0, 0.05) is 19.2 Å². The third kappa shape index (κ3) is 8.27. The van der Waals surface area contributed by atoms with Crippen LogP contribution in [0.25, 0.3) is 0 Å². The number of nitrogens with one attached hydrogen (secondary N) is 1. The molecule has 10 nitrogen and oxygen atoms in total. The number of sulfonamides is 1. The molecule has 210 valence electrons. The Morgan fingerprint density at radius 2 is 1.55 bits per heavy atom. The average Bonchev–Trinajstić information content (AvgIpc) is 2.89. The summed E-state index contributed by atoms with van der Waals surface area (Å²) in [5.74, 6) is 0.699. The Kier molecular flexibility index (Phi) is 11.2. The molecule has 0 aromatic heterocycles. The molecule has 2 aromatic rings. The molecule has 1 atom stereocenters. The molecule has 0 saturated heterocycles. The molecule has 2 rings (SSSR count). The number of benzene rings is 2. The fourth-order valence-corrected chi connectivity index (χ4v) is 4.70. The Hall–Kier alpha value is -3.47. The zero-order valence-corrected chi connectivity index (χ0v) is 24.0. The Labute approximate surface area is 225 Å². The van der Waals surface area contributed by atoms with E-state index in [0.29, 0.717) is 24.5 Å². The molecule has 0 bridgehead atoms. The molecular formula is C27H39N3O7S. The van der Waals surface area contributed by atoms with Gasteiger partial charge in [0.05, 0.1) is 33.3 Å². The molecule has 38 heavy (non-hydrogen) atoms. The van der Waals surface area contributed by atoms with E-state index in [0.717, 1.165) is 16.1 Å². The van der Waals surface area contributed by atoms with E-state index in [1.807, 2.05) is 20.8 Å². The van der Waals surface area contributed by atoms with Crippen molar-refractivity contribution >= 4 is 27.5 Å². The topological polar surface area (TPSA) is 114 Å². The van der Waals surface area contributed by atoms with Gasteiger partial charge in [0.1, 0.15) is 29.8 Å². The predicted molar refractivity (Wildman–Crippen MR) is 147 cm³/mol. The van der Waals surface area contributed by atoms with Gasteiger partial charge in [0.2, 0.25) is 21.8 Å². The van der Waals surface area contributed by atoms with Gasteiger partial charge in [-0.3, -0.25) is 13.9 Å². The summed E-state index contributed by atoms with van der Waals surface area (Å²) in [5, 5.41) is 2.90. The first kappa shape index (κ1) is 30.8. The van der Waals surface area contributed by atoms with Crippen LogP contribution >= 0.6 is 0 Å². The van der Waals surface area contributed by atoms with E-state index in [4.69, 9.17) is 14.2 Å². The number of ether oxygens (including phenoxy) is 3. The molecule has 0 saturated carbocycles. The van der Waals surface area contributed by atoms with E-state index < -0.39 is 28.5 Å². The normalized spacial score (nSPS) is 12.0. The molecule has 1 N–H and O–H groups in total. The highest BCUT2D eigenvalue weighted by atomic mass is 32.2. The lowest BCUT2D eigenvalue weighted by molar-refractivity contribution is -0.140. The van der Waals surface area contributed by atoms with Crippen LogP contribution in [-0.4, -0.2) is 71.8 Å². The van der Waals surface area contributed by atoms with Crippen molar-refractivity contribution in [3.05, 3.63) is 48.0 Å². The number of carbonyl (C=O) groups excluding carboxylic acids is 2. The Morgan fingerprint density at radius 3 is 2.05 bits per heavy atom. The lowest BCUT2D eigenvalue weighted by Gasteiger charge is -2.33. The van der Waals surface area contributed by atoms with Gasteiger partial charge < -0.3 is 24.4 Å². The molecule has 0 unspecified atom stereocenters. The van der Waals surface area contributed by atoms with Crippen LogP contribution < -0.4 is 23.8 Å². The van der Waals surface area contributed by atoms with Gasteiger partial charge >= 0.3 is 0 Å². The van der Waals surface area contributed by atoms with Gasteiger partial charge in [-0.05, 0) is 42.2 Å². The van der Waals surface area contributed by atoms with Crippen LogP contribution in [0.15, 0.2) is 42.5 Å². The lowest BCUT2D eigenvalue weighted by Crippen LogP contribution is -2.52. The summed E-state index contributed by atoms with van der Waals surface area (Å²) in [6.45, 7) is 5.79. The summed E-state index contributed by atoms with van der Waals surface area (Å²) in [7, 11) is 0.503. The largest absolute Gasteiger partial charge is 0.497 e. The van der Waals surface area contributed by atoms with E-state index in [-0.39, 0.29) is 29.8 Å². The Morgan fingerprint density at radius 1 is 0.947 bits per heavy atom. The van der Waals surface area contributed by atoms with Crippen LogP contribution in [-0.2, 0) is 26.2 Å². The van der Waals surface area contributed by atoms with E-state index >= 15 is 0 Å². The molecular weight excluding hydrogens is 510 g/mol. The summed E-state index contributed by atoms with van der Waals surface area (Å²) in [6, 6.07) is 11.0. The van der Waals surface area contributed by atoms with Crippen LogP contribution in [0.5, 0.6) is 17.2 Å². The molecule has 0 fully saturated rings. The van der Waals surface area contributed by atoms with Gasteiger partial charge in [-0.25, -0.2) is 8.42 Å². The number of carbonyl (C=O) groups is 2. The van der Waals surface area contributed by atoms with E-state index in [1.165, 1.54) is 25.2 Å². The molecule has 0 aliphatic rings. The van der Waals surface area contributed by atoms with Crippen molar-refractivity contribution in [3.63, 3.8) is 0 Å². The van der Waals surface area contributed by atoms with Crippen LogP contribution in [0.1, 0.15) is 32.8 Å². The molecule has 0 spiro atoms. The number of hydrogen-bond donors (Lipinski definition) is 1. The van der Waals surface area contributed by atoms with Gasteiger partial charge in [0.25, 0.3) is 0 Å². The maximum Gasteiger partial charge on any atom is 0.244 e. The SMILES string of the molecule is CC[C@@H](C(=O)NCC(C)C)N(Cc1ccc(OC)cc1)C(=O)CN(c1cc(OC)ccc1OC)S(C)(=O)=O. The van der Waals surface area contributed by atoms with Crippen molar-refractivity contribution in [2.24, 2.45) is 5.92 Å². The minimum absolute atomic E-state index is 0.100. The van der Waals surface area contributed by atoms with Gasteiger partial charge in [-0.2, -0.15) is 0 Å². The second-order valence-electron chi connectivity index (χ2n) is 9.24. The zero-order chi connectivity index (χ0) is 28.5. The number of nitrogens with zero attached hydrogens (tertiary/aromatic N) is 2. The van der Waals surface area contributed by atoms with Gasteiger partial charge in [-0.1, -0.05) is 32.9 Å². The first-order valence-corrected chi connectivity index (χ1v) is 14.2. The zero-order valence-electron chi connectivity index (χ0n) is 23.2. The second kappa shape index (κ2) is 13.9. The minimum Gasteiger partial charge on any atom is -0.497 e. The second-order valence-corrected chi connectivity index (χ2v) is 11.1. The molecule has 2 amide bonds. The molecule has 0 aliphatic carbocycles. The highest BCUT2D eigenvalue weighted by molar-refractivity contribution is 7.92. The van der Waals surface area contributed by atoms with E-state index in [9.17, 15) is 18.0 Å². The minimum atomic E-state index is -3.93. The van der Waals surface area contributed by atoms with Crippen molar-refractivity contribution in [2.45, 2.75) is 39.8 Å². The predicted octanol–water partition coefficient (Wildman–Crippen LogP) is 3.06. The number of hydrogen-bond acceptors (Lipinski definition) is 7. The highest BCUT2D eigenvalue weighted by Crippen LogP contribution is 2.34. The maximum atomic E-state index is 13.8. The molecule has 0 aliphatic heterocycles. The first-order valence-electron chi connectivity index (χ1n) is 12.3. The summed E-state index contributed by atoms with van der Waals surface area (Å²) in [4.78, 5) is 28.4. The van der Waals surface area contributed by atoms with Gasteiger partial charge in [-0.15, -0.1) is 0 Å². The summed E-state index contributed by atoms with van der Waals surface area (Å²) < 4.78 is 42.6. The fraction of sp³-hybridized carbons (Fsp3) is 0.481. The standard InChI is InChI=1S/C27H39N3O7S/c1-8-23(27(32)28-16-19(2)3)29(17-20-9-11-21(35-4)12-10-20)26(31)18-30(38(7,33)34)24-15-22(36-5)13-14-25(24)37-6/h9-15,19,23H,8,16-18H2,1-7H3,(H,28,32)/t23-/m0/s1. The highest BCUT2D eigenvalue weighted by Gasteiger charge is 2.32.